The highest BCUT2D eigenvalue weighted by Crippen LogP contribution is 2.23. The van der Waals surface area contributed by atoms with Gasteiger partial charge in [-0.05, 0) is 43.6 Å². The van der Waals surface area contributed by atoms with Crippen LogP contribution in [0.25, 0.3) is 0 Å². The Kier molecular flexibility index (Phi) is 4.74. The number of likely N-dealkylation sites (N-methyl/N-ethyl adjacent to an activating group) is 2. The molecule has 1 aliphatic heterocycles. The third kappa shape index (κ3) is 3.10. The number of rotatable bonds is 3. The molecular formula is C12H20IN5. The quantitative estimate of drug-likeness (QED) is 0.826. The van der Waals surface area contributed by atoms with Crippen LogP contribution in [-0.2, 0) is 0 Å². The Hall–Kier alpha value is -0.470. The Labute approximate surface area is 122 Å². The third-order valence-corrected chi connectivity index (χ3v) is 4.05. The Bertz CT molecular complexity index is 411. The molecule has 1 N–H and O–H groups in total. The van der Waals surface area contributed by atoms with E-state index in [2.05, 4.69) is 68.7 Å². The molecule has 0 saturated carbocycles. The smallest absolute Gasteiger partial charge is 0.149 e. The maximum Gasteiger partial charge on any atom is 0.149 e. The number of nitrogens with zero attached hydrogens (tertiary/aromatic N) is 4. The van der Waals surface area contributed by atoms with E-state index in [0.717, 1.165) is 41.4 Å². The van der Waals surface area contributed by atoms with Crippen LogP contribution in [0.5, 0.6) is 0 Å². The summed E-state index contributed by atoms with van der Waals surface area (Å²) in [6.45, 7) is 6.12. The number of hydrogen-bond acceptors (Lipinski definition) is 5. The van der Waals surface area contributed by atoms with E-state index >= 15 is 0 Å². The van der Waals surface area contributed by atoms with Gasteiger partial charge in [-0.2, -0.15) is 0 Å². The molecule has 0 radical (unpaired) electrons. The first-order chi connectivity index (χ1) is 8.61. The Balaban J connectivity index is 2.23. The van der Waals surface area contributed by atoms with E-state index in [1.807, 2.05) is 6.20 Å². The summed E-state index contributed by atoms with van der Waals surface area (Å²) in [5, 5.41) is 3.29. The average Bonchev–Trinajstić information content (AvgIpc) is 2.35. The second-order valence-electron chi connectivity index (χ2n) is 4.71. The second-order valence-corrected chi connectivity index (χ2v) is 5.88. The van der Waals surface area contributed by atoms with Gasteiger partial charge in [-0.25, -0.2) is 9.97 Å². The maximum absolute atomic E-state index is 4.67. The summed E-state index contributed by atoms with van der Waals surface area (Å²) < 4.78 is 1.07. The molecule has 2 rings (SSSR count). The lowest BCUT2D eigenvalue weighted by Crippen LogP contribution is -2.45. The van der Waals surface area contributed by atoms with Crippen molar-refractivity contribution in [1.82, 2.24) is 19.8 Å². The minimum Gasteiger partial charge on any atom is -0.369 e. The van der Waals surface area contributed by atoms with Gasteiger partial charge in [0.25, 0.3) is 0 Å². The third-order valence-electron chi connectivity index (χ3n) is 3.26. The highest BCUT2D eigenvalue weighted by Gasteiger charge is 2.26. The van der Waals surface area contributed by atoms with Gasteiger partial charge in [-0.1, -0.05) is 0 Å². The van der Waals surface area contributed by atoms with Crippen LogP contribution in [0.1, 0.15) is 18.8 Å². The maximum atomic E-state index is 4.67. The highest BCUT2D eigenvalue weighted by atomic mass is 127. The van der Waals surface area contributed by atoms with E-state index < -0.39 is 0 Å². The van der Waals surface area contributed by atoms with E-state index in [4.69, 9.17) is 0 Å². The Morgan fingerprint density at radius 3 is 2.94 bits per heavy atom. The van der Waals surface area contributed by atoms with Crippen LogP contribution in [0.2, 0.25) is 0 Å². The monoisotopic (exact) mass is 361 g/mol. The van der Waals surface area contributed by atoms with Crippen molar-refractivity contribution in [3.05, 3.63) is 15.6 Å². The number of aromatic nitrogens is 2. The van der Waals surface area contributed by atoms with E-state index in [0.29, 0.717) is 0 Å². The fourth-order valence-electron chi connectivity index (χ4n) is 2.12. The Morgan fingerprint density at radius 1 is 1.44 bits per heavy atom. The van der Waals surface area contributed by atoms with Gasteiger partial charge in [-0.3, -0.25) is 4.90 Å². The molecule has 1 fully saturated rings. The van der Waals surface area contributed by atoms with Crippen molar-refractivity contribution in [3.8, 4) is 0 Å². The molecule has 0 spiro atoms. The molecule has 6 heteroatoms. The zero-order chi connectivity index (χ0) is 13.1. The van der Waals surface area contributed by atoms with Crippen molar-refractivity contribution < 1.29 is 0 Å². The van der Waals surface area contributed by atoms with E-state index in [1.165, 1.54) is 0 Å². The van der Waals surface area contributed by atoms with Crippen LogP contribution in [0.4, 0.5) is 5.82 Å². The van der Waals surface area contributed by atoms with Gasteiger partial charge < -0.3 is 10.2 Å². The predicted octanol–water partition coefficient (Wildman–Crippen LogP) is 1.43. The molecule has 1 aromatic heterocycles. The summed E-state index contributed by atoms with van der Waals surface area (Å²) in [5.41, 5.74) is 0. The first kappa shape index (κ1) is 14.0. The summed E-state index contributed by atoms with van der Waals surface area (Å²) in [4.78, 5) is 13.8. The largest absolute Gasteiger partial charge is 0.369 e. The molecular weight excluding hydrogens is 341 g/mol. The molecule has 1 aromatic rings. The normalized spacial score (nSPS) is 22.1. The number of nitrogens with one attached hydrogen (secondary N) is 1. The molecule has 1 unspecified atom stereocenters. The lowest BCUT2D eigenvalue weighted by molar-refractivity contribution is 0.109. The van der Waals surface area contributed by atoms with E-state index in [9.17, 15) is 0 Å². The summed E-state index contributed by atoms with van der Waals surface area (Å²) in [5.74, 6) is 1.87. The van der Waals surface area contributed by atoms with Crippen molar-refractivity contribution in [2.45, 2.75) is 13.0 Å². The lowest BCUT2D eigenvalue weighted by Gasteiger charge is -2.36. The fraction of sp³-hybridized carbons (Fsp3) is 0.667. The summed E-state index contributed by atoms with van der Waals surface area (Å²) in [6.07, 6.45) is 1.91. The van der Waals surface area contributed by atoms with Crippen LogP contribution in [0, 0.1) is 3.57 Å². The van der Waals surface area contributed by atoms with Gasteiger partial charge in [0.05, 0.1) is 9.61 Å². The second kappa shape index (κ2) is 6.12. The first-order valence-electron chi connectivity index (χ1n) is 6.27. The molecule has 1 saturated heterocycles. The first-order valence-corrected chi connectivity index (χ1v) is 7.34. The van der Waals surface area contributed by atoms with Crippen LogP contribution in [-0.4, -0.2) is 60.0 Å². The molecule has 0 aromatic carbocycles. The topological polar surface area (TPSA) is 44.3 Å². The van der Waals surface area contributed by atoms with Crippen molar-refractivity contribution in [2.75, 3.05) is 45.6 Å². The molecule has 0 bridgehead atoms. The number of anilines is 1. The van der Waals surface area contributed by atoms with Crippen LogP contribution < -0.4 is 5.32 Å². The molecule has 0 aliphatic carbocycles. The van der Waals surface area contributed by atoms with Gasteiger partial charge in [-0.15, -0.1) is 0 Å². The molecule has 0 amide bonds. The van der Waals surface area contributed by atoms with Crippen molar-refractivity contribution in [1.29, 1.82) is 0 Å². The number of hydrogen-bond donors (Lipinski definition) is 1. The van der Waals surface area contributed by atoms with Crippen LogP contribution in [0.15, 0.2) is 6.20 Å². The molecule has 1 aliphatic rings. The Morgan fingerprint density at radius 2 is 2.22 bits per heavy atom. The summed E-state index contributed by atoms with van der Waals surface area (Å²) in [7, 11) is 4.30. The van der Waals surface area contributed by atoms with E-state index in [-0.39, 0.29) is 6.04 Å². The fourth-order valence-corrected chi connectivity index (χ4v) is 2.57. The number of piperazine rings is 1. The van der Waals surface area contributed by atoms with Crippen molar-refractivity contribution >= 4 is 28.4 Å². The highest BCUT2D eigenvalue weighted by molar-refractivity contribution is 14.1. The van der Waals surface area contributed by atoms with Crippen LogP contribution >= 0.6 is 22.6 Å². The van der Waals surface area contributed by atoms with Crippen LogP contribution in [0.3, 0.4) is 0 Å². The minimum atomic E-state index is 0.290. The van der Waals surface area contributed by atoms with Gasteiger partial charge in [0.2, 0.25) is 0 Å². The molecule has 1 atom stereocenters. The number of halogens is 1. The molecule has 2 heterocycles. The summed E-state index contributed by atoms with van der Waals surface area (Å²) >= 11 is 2.27. The van der Waals surface area contributed by atoms with Crippen molar-refractivity contribution in [3.63, 3.8) is 0 Å². The predicted molar refractivity (Wildman–Crippen MR) is 81.8 cm³/mol. The molecule has 5 nitrogen and oxygen atoms in total. The lowest BCUT2D eigenvalue weighted by atomic mass is 10.1. The zero-order valence-electron chi connectivity index (χ0n) is 11.1. The van der Waals surface area contributed by atoms with Crippen molar-refractivity contribution in [2.24, 2.45) is 0 Å². The summed E-state index contributed by atoms with van der Waals surface area (Å²) in [6, 6.07) is 0.290. The SMILES string of the molecule is CCNc1nc(C2CN(C)CCN2C)ncc1I. The molecule has 18 heavy (non-hydrogen) atoms. The zero-order valence-corrected chi connectivity index (χ0v) is 13.3. The standard InChI is InChI=1S/C12H20IN5/c1-4-14-11-9(13)7-15-12(16-11)10-8-17(2)5-6-18(10)3/h7,10H,4-6,8H2,1-3H3,(H,14,15,16). The van der Waals surface area contributed by atoms with Gasteiger partial charge in [0.15, 0.2) is 0 Å². The van der Waals surface area contributed by atoms with E-state index in [1.54, 1.807) is 0 Å². The van der Waals surface area contributed by atoms with Gasteiger partial charge >= 0.3 is 0 Å². The average molecular weight is 361 g/mol. The van der Waals surface area contributed by atoms with Gasteiger partial charge in [0.1, 0.15) is 11.6 Å². The minimum absolute atomic E-state index is 0.290. The molecule has 100 valence electrons. The van der Waals surface area contributed by atoms with Gasteiger partial charge in [0, 0.05) is 32.4 Å².